The summed E-state index contributed by atoms with van der Waals surface area (Å²) in [7, 11) is 0. The molecule has 0 aliphatic rings. The van der Waals surface area contributed by atoms with Gasteiger partial charge in [0.05, 0.1) is 12.3 Å². The van der Waals surface area contributed by atoms with Gasteiger partial charge in [0.15, 0.2) is 0 Å². The third-order valence-electron chi connectivity index (χ3n) is 3.53. The van der Waals surface area contributed by atoms with Crippen molar-refractivity contribution in [2.75, 3.05) is 11.9 Å². The summed E-state index contributed by atoms with van der Waals surface area (Å²) >= 11 is 0. The smallest absolute Gasteiger partial charge is 0.313 e. The van der Waals surface area contributed by atoms with Crippen LogP contribution in [0, 0.1) is 0 Å². The first-order valence-corrected chi connectivity index (χ1v) is 8.02. The second-order valence-electron chi connectivity index (χ2n) is 5.24. The first-order valence-electron chi connectivity index (χ1n) is 8.02. The third kappa shape index (κ3) is 4.84. The number of benzene rings is 2. The Balaban J connectivity index is 1.91. The maximum absolute atomic E-state index is 12.0. The van der Waals surface area contributed by atoms with Crippen LogP contribution in [0.5, 0.6) is 5.75 Å². The zero-order valence-corrected chi connectivity index (χ0v) is 14.0. The van der Waals surface area contributed by atoms with E-state index < -0.39 is 11.8 Å². The largest absolute Gasteiger partial charge is 0.492 e. The summed E-state index contributed by atoms with van der Waals surface area (Å²) in [6.07, 6.45) is 0.967. The number of ether oxygens (including phenoxy) is 1. The SMILES string of the molecule is CCOc1ccccc1NC(=O)C(=O)NCc1ccc(CC)cc1. The maximum Gasteiger partial charge on any atom is 0.313 e. The van der Waals surface area contributed by atoms with Crippen molar-refractivity contribution in [1.82, 2.24) is 5.32 Å². The molecule has 0 aliphatic heterocycles. The molecule has 0 spiro atoms. The van der Waals surface area contributed by atoms with E-state index in [0.29, 0.717) is 24.6 Å². The van der Waals surface area contributed by atoms with Crippen LogP contribution in [0.15, 0.2) is 48.5 Å². The quantitative estimate of drug-likeness (QED) is 0.802. The number of carbonyl (C=O) groups excluding carboxylic acids is 2. The molecule has 5 nitrogen and oxygen atoms in total. The lowest BCUT2D eigenvalue weighted by atomic mass is 10.1. The van der Waals surface area contributed by atoms with Crippen molar-refractivity contribution in [3.8, 4) is 5.75 Å². The molecule has 0 saturated heterocycles. The highest BCUT2D eigenvalue weighted by molar-refractivity contribution is 6.39. The maximum atomic E-state index is 12.0. The van der Waals surface area contributed by atoms with Gasteiger partial charge in [-0.15, -0.1) is 0 Å². The van der Waals surface area contributed by atoms with Crippen LogP contribution in [0.4, 0.5) is 5.69 Å². The summed E-state index contributed by atoms with van der Waals surface area (Å²) in [5, 5.41) is 5.19. The van der Waals surface area contributed by atoms with Crippen LogP contribution in [-0.4, -0.2) is 18.4 Å². The van der Waals surface area contributed by atoms with Crippen LogP contribution in [-0.2, 0) is 22.6 Å². The summed E-state index contributed by atoms with van der Waals surface area (Å²) in [5.41, 5.74) is 2.66. The van der Waals surface area contributed by atoms with Crippen molar-refractivity contribution in [2.24, 2.45) is 0 Å². The van der Waals surface area contributed by atoms with Crippen LogP contribution in [0.25, 0.3) is 0 Å². The predicted octanol–water partition coefficient (Wildman–Crippen LogP) is 2.90. The van der Waals surface area contributed by atoms with Gasteiger partial charge in [0.2, 0.25) is 0 Å². The predicted molar refractivity (Wildman–Crippen MR) is 93.9 cm³/mol. The molecule has 0 radical (unpaired) electrons. The Morgan fingerprint density at radius 2 is 1.58 bits per heavy atom. The number of hydrogen-bond acceptors (Lipinski definition) is 3. The Morgan fingerprint density at radius 3 is 2.25 bits per heavy atom. The number of nitrogens with one attached hydrogen (secondary N) is 2. The fourth-order valence-electron chi connectivity index (χ4n) is 2.19. The van der Waals surface area contributed by atoms with Gasteiger partial charge in [0, 0.05) is 6.54 Å². The molecule has 0 atom stereocenters. The Bertz CT molecular complexity index is 696. The van der Waals surface area contributed by atoms with Crippen LogP contribution in [0.2, 0.25) is 0 Å². The minimum atomic E-state index is -0.715. The van der Waals surface area contributed by atoms with E-state index >= 15 is 0 Å². The Kier molecular flexibility index (Phi) is 6.37. The van der Waals surface area contributed by atoms with Crippen LogP contribution >= 0.6 is 0 Å². The molecule has 0 bridgehead atoms. The molecule has 2 amide bonds. The topological polar surface area (TPSA) is 67.4 Å². The van der Waals surface area contributed by atoms with Crippen molar-refractivity contribution >= 4 is 17.5 Å². The minimum absolute atomic E-state index is 0.309. The molecule has 5 heteroatoms. The fourth-order valence-corrected chi connectivity index (χ4v) is 2.19. The number of amides is 2. The zero-order chi connectivity index (χ0) is 17.4. The van der Waals surface area contributed by atoms with Gasteiger partial charge in [0.25, 0.3) is 0 Å². The molecule has 0 saturated carbocycles. The lowest BCUT2D eigenvalue weighted by molar-refractivity contribution is -0.136. The monoisotopic (exact) mass is 326 g/mol. The third-order valence-corrected chi connectivity index (χ3v) is 3.53. The molecule has 24 heavy (non-hydrogen) atoms. The molecule has 2 rings (SSSR count). The molecular weight excluding hydrogens is 304 g/mol. The van der Waals surface area contributed by atoms with Crippen molar-refractivity contribution < 1.29 is 14.3 Å². The van der Waals surface area contributed by atoms with Gasteiger partial charge in [-0.3, -0.25) is 9.59 Å². The van der Waals surface area contributed by atoms with Crippen molar-refractivity contribution in [2.45, 2.75) is 26.8 Å². The Morgan fingerprint density at radius 1 is 0.917 bits per heavy atom. The number of aryl methyl sites for hydroxylation is 1. The van der Waals surface area contributed by atoms with Gasteiger partial charge in [-0.25, -0.2) is 0 Å². The highest BCUT2D eigenvalue weighted by Gasteiger charge is 2.15. The Hall–Kier alpha value is -2.82. The van der Waals surface area contributed by atoms with Gasteiger partial charge in [0.1, 0.15) is 5.75 Å². The van der Waals surface area contributed by atoms with E-state index in [0.717, 1.165) is 12.0 Å². The van der Waals surface area contributed by atoms with Crippen molar-refractivity contribution in [1.29, 1.82) is 0 Å². The molecule has 0 fully saturated rings. The van der Waals surface area contributed by atoms with E-state index in [9.17, 15) is 9.59 Å². The number of rotatable bonds is 6. The lowest BCUT2D eigenvalue weighted by Gasteiger charge is -2.11. The summed E-state index contributed by atoms with van der Waals surface area (Å²) in [4.78, 5) is 24.0. The van der Waals surface area contributed by atoms with Crippen molar-refractivity contribution in [3.05, 3.63) is 59.7 Å². The zero-order valence-electron chi connectivity index (χ0n) is 14.0. The molecule has 126 valence electrons. The number of carbonyl (C=O) groups is 2. The Labute approximate surface area is 142 Å². The minimum Gasteiger partial charge on any atom is -0.492 e. The highest BCUT2D eigenvalue weighted by atomic mass is 16.5. The van der Waals surface area contributed by atoms with Gasteiger partial charge in [-0.05, 0) is 36.6 Å². The number of para-hydroxylation sites is 2. The standard InChI is InChI=1S/C19H22N2O3/c1-3-14-9-11-15(12-10-14)13-20-18(22)19(23)21-16-7-5-6-8-17(16)24-4-2/h5-12H,3-4,13H2,1-2H3,(H,20,22)(H,21,23). The average Bonchev–Trinajstić information content (AvgIpc) is 2.62. The lowest BCUT2D eigenvalue weighted by Crippen LogP contribution is -2.35. The summed E-state index contributed by atoms with van der Waals surface area (Å²) in [5.74, 6) is -0.857. The molecule has 2 aromatic rings. The molecule has 0 heterocycles. The van der Waals surface area contributed by atoms with E-state index in [-0.39, 0.29) is 0 Å². The highest BCUT2D eigenvalue weighted by Crippen LogP contribution is 2.23. The molecule has 0 aromatic heterocycles. The first-order chi connectivity index (χ1) is 11.6. The van der Waals surface area contributed by atoms with Gasteiger partial charge < -0.3 is 15.4 Å². The van der Waals surface area contributed by atoms with Gasteiger partial charge >= 0.3 is 11.8 Å². The molecule has 2 N–H and O–H groups in total. The molecular formula is C19H22N2O3. The van der Waals surface area contributed by atoms with E-state index in [1.807, 2.05) is 31.2 Å². The normalized spacial score (nSPS) is 10.1. The molecule has 2 aromatic carbocycles. The molecule has 0 unspecified atom stereocenters. The number of anilines is 1. The summed E-state index contributed by atoms with van der Waals surface area (Å²) < 4.78 is 5.42. The van der Waals surface area contributed by atoms with E-state index in [1.54, 1.807) is 24.3 Å². The number of hydrogen-bond donors (Lipinski definition) is 2. The average molecular weight is 326 g/mol. The van der Waals surface area contributed by atoms with Crippen molar-refractivity contribution in [3.63, 3.8) is 0 Å². The van der Waals surface area contributed by atoms with E-state index in [4.69, 9.17) is 4.74 Å². The summed E-state index contributed by atoms with van der Waals surface area (Å²) in [6, 6.07) is 14.9. The second-order valence-corrected chi connectivity index (χ2v) is 5.24. The fraction of sp³-hybridized carbons (Fsp3) is 0.263. The van der Waals surface area contributed by atoms with E-state index in [2.05, 4.69) is 17.6 Å². The summed E-state index contributed by atoms with van der Waals surface area (Å²) in [6.45, 7) is 4.73. The van der Waals surface area contributed by atoms with Crippen LogP contribution in [0.3, 0.4) is 0 Å². The first kappa shape index (κ1) is 17.5. The molecule has 0 aliphatic carbocycles. The van der Waals surface area contributed by atoms with Gasteiger partial charge in [-0.1, -0.05) is 43.3 Å². The van der Waals surface area contributed by atoms with Gasteiger partial charge in [-0.2, -0.15) is 0 Å². The van der Waals surface area contributed by atoms with Crippen LogP contribution < -0.4 is 15.4 Å². The van der Waals surface area contributed by atoms with Crippen LogP contribution in [0.1, 0.15) is 25.0 Å². The second kappa shape index (κ2) is 8.72. The van der Waals surface area contributed by atoms with E-state index in [1.165, 1.54) is 5.56 Å².